The lowest BCUT2D eigenvalue weighted by atomic mass is 10.0. The van der Waals surface area contributed by atoms with Gasteiger partial charge in [-0.1, -0.05) is 29.8 Å². The molecule has 1 atom stereocenters. The molecule has 124 valence electrons. The molecule has 3 rings (SSSR count). The number of nitrogens with one attached hydrogen (secondary N) is 2. The van der Waals surface area contributed by atoms with Crippen molar-refractivity contribution in [3.63, 3.8) is 0 Å². The van der Waals surface area contributed by atoms with Crippen LogP contribution in [0.3, 0.4) is 0 Å². The average Bonchev–Trinajstić information content (AvgIpc) is 2.99. The highest BCUT2D eigenvalue weighted by Gasteiger charge is 2.22. The van der Waals surface area contributed by atoms with Gasteiger partial charge in [0.25, 0.3) is 0 Å². The fourth-order valence-corrected chi connectivity index (χ4v) is 3.03. The van der Waals surface area contributed by atoms with Gasteiger partial charge in [0.05, 0.1) is 19.4 Å². The molecule has 0 amide bonds. The minimum atomic E-state index is 0.381. The van der Waals surface area contributed by atoms with Gasteiger partial charge in [0.15, 0.2) is 0 Å². The number of aryl methyl sites for hydroxylation is 2. The number of nitrogens with zero attached hydrogens (tertiary/aromatic N) is 2. The number of rotatable bonds is 6. The van der Waals surface area contributed by atoms with Crippen LogP contribution in [0.2, 0.25) is 0 Å². The zero-order valence-corrected chi connectivity index (χ0v) is 14.0. The first-order chi connectivity index (χ1) is 11.2. The van der Waals surface area contributed by atoms with E-state index >= 15 is 0 Å². The molecule has 1 aromatic carbocycles. The van der Waals surface area contributed by atoms with E-state index in [0.29, 0.717) is 6.04 Å². The van der Waals surface area contributed by atoms with E-state index in [9.17, 15) is 0 Å². The molecule has 23 heavy (non-hydrogen) atoms. The van der Waals surface area contributed by atoms with E-state index in [2.05, 4.69) is 58.5 Å². The first-order valence-electron chi connectivity index (χ1n) is 8.32. The molecule has 2 heterocycles. The molecule has 0 spiro atoms. The molecule has 0 bridgehead atoms. The molecule has 5 heteroatoms. The van der Waals surface area contributed by atoms with Gasteiger partial charge in [-0.3, -0.25) is 10.00 Å². The van der Waals surface area contributed by atoms with Crippen molar-refractivity contribution in [2.24, 2.45) is 0 Å². The third-order valence-electron chi connectivity index (χ3n) is 4.54. The topological polar surface area (TPSA) is 53.2 Å². The van der Waals surface area contributed by atoms with Crippen LogP contribution in [0.5, 0.6) is 0 Å². The van der Waals surface area contributed by atoms with Crippen molar-refractivity contribution in [1.29, 1.82) is 0 Å². The molecule has 0 saturated carbocycles. The molecule has 0 aliphatic carbocycles. The van der Waals surface area contributed by atoms with Gasteiger partial charge >= 0.3 is 0 Å². The molecule has 1 aliphatic rings. The Hall–Kier alpha value is -1.69. The van der Waals surface area contributed by atoms with Crippen molar-refractivity contribution in [1.82, 2.24) is 20.4 Å². The fourth-order valence-electron chi connectivity index (χ4n) is 3.03. The Morgan fingerprint density at radius 3 is 2.61 bits per heavy atom. The van der Waals surface area contributed by atoms with Gasteiger partial charge < -0.3 is 10.1 Å². The van der Waals surface area contributed by atoms with Crippen LogP contribution in [0.25, 0.3) is 0 Å². The Kier molecular flexibility index (Phi) is 5.43. The Balaban J connectivity index is 1.67. The van der Waals surface area contributed by atoms with Crippen molar-refractivity contribution < 1.29 is 4.74 Å². The van der Waals surface area contributed by atoms with E-state index < -0.39 is 0 Å². The van der Waals surface area contributed by atoms with Crippen molar-refractivity contribution in [3.8, 4) is 0 Å². The number of hydrogen-bond donors (Lipinski definition) is 2. The predicted molar refractivity (Wildman–Crippen MR) is 91.3 cm³/mol. The minimum Gasteiger partial charge on any atom is -0.379 e. The van der Waals surface area contributed by atoms with Crippen LogP contribution in [-0.2, 0) is 11.3 Å². The smallest absolute Gasteiger partial charge is 0.0594 e. The van der Waals surface area contributed by atoms with Gasteiger partial charge in [-0.25, -0.2) is 0 Å². The summed E-state index contributed by atoms with van der Waals surface area (Å²) in [6.07, 6.45) is 1.90. The number of morpholine rings is 1. The summed E-state index contributed by atoms with van der Waals surface area (Å²) in [6, 6.07) is 9.28. The lowest BCUT2D eigenvalue weighted by Gasteiger charge is -2.35. The Morgan fingerprint density at radius 1 is 1.22 bits per heavy atom. The molecular formula is C18H26N4O. The average molecular weight is 314 g/mol. The van der Waals surface area contributed by atoms with Crippen molar-refractivity contribution >= 4 is 0 Å². The zero-order valence-electron chi connectivity index (χ0n) is 14.0. The van der Waals surface area contributed by atoms with E-state index in [1.165, 1.54) is 16.7 Å². The molecule has 1 aliphatic heterocycles. The molecule has 2 N–H and O–H groups in total. The minimum absolute atomic E-state index is 0.381. The van der Waals surface area contributed by atoms with Gasteiger partial charge in [-0.15, -0.1) is 0 Å². The van der Waals surface area contributed by atoms with Crippen LogP contribution < -0.4 is 5.32 Å². The maximum Gasteiger partial charge on any atom is 0.0594 e. The molecule has 5 nitrogen and oxygen atoms in total. The van der Waals surface area contributed by atoms with E-state index in [1.807, 2.05) is 6.20 Å². The second-order valence-electron chi connectivity index (χ2n) is 6.23. The normalized spacial score (nSPS) is 17.3. The van der Waals surface area contributed by atoms with Crippen LogP contribution in [0, 0.1) is 13.8 Å². The molecule has 0 radical (unpaired) electrons. The molecule has 1 saturated heterocycles. The molecule has 1 unspecified atom stereocenters. The van der Waals surface area contributed by atoms with Crippen LogP contribution in [-0.4, -0.2) is 47.9 Å². The molecule has 1 fully saturated rings. The monoisotopic (exact) mass is 314 g/mol. The van der Waals surface area contributed by atoms with Crippen molar-refractivity contribution in [2.45, 2.75) is 26.4 Å². The summed E-state index contributed by atoms with van der Waals surface area (Å²) in [5.74, 6) is 0. The highest BCUT2D eigenvalue weighted by molar-refractivity contribution is 5.25. The first kappa shape index (κ1) is 16.2. The van der Waals surface area contributed by atoms with Gasteiger partial charge in [0, 0.05) is 43.5 Å². The van der Waals surface area contributed by atoms with Crippen LogP contribution in [0.4, 0.5) is 0 Å². The summed E-state index contributed by atoms with van der Waals surface area (Å²) in [6.45, 7) is 9.59. The van der Waals surface area contributed by atoms with Gasteiger partial charge in [-0.2, -0.15) is 5.10 Å². The van der Waals surface area contributed by atoms with Crippen molar-refractivity contribution in [3.05, 3.63) is 52.8 Å². The molecule has 2 aromatic rings. The summed E-state index contributed by atoms with van der Waals surface area (Å²) >= 11 is 0. The zero-order chi connectivity index (χ0) is 16.1. The number of H-pyrrole nitrogens is 1. The van der Waals surface area contributed by atoms with Gasteiger partial charge in [0.1, 0.15) is 0 Å². The lowest BCUT2D eigenvalue weighted by Crippen LogP contribution is -2.42. The maximum absolute atomic E-state index is 5.51. The quantitative estimate of drug-likeness (QED) is 0.858. The largest absolute Gasteiger partial charge is 0.379 e. The maximum atomic E-state index is 5.51. The highest BCUT2D eigenvalue weighted by atomic mass is 16.5. The van der Waals surface area contributed by atoms with E-state index in [-0.39, 0.29) is 0 Å². The Bertz CT molecular complexity index is 602. The number of aromatic nitrogens is 2. The molecule has 1 aromatic heterocycles. The third-order valence-corrected chi connectivity index (χ3v) is 4.54. The summed E-state index contributed by atoms with van der Waals surface area (Å²) in [5.41, 5.74) is 5.04. The second-order valence-corrected chi connectivity index (χ2v) is 6.23. The number of benzene rings is 1. The van der Waals surface area contributed by atoms with Gasteiger partial charge in [-0.05, 0) is 19.4 Å². The fraction of sp³-hybridized carbons (Fsp3) is 0.500. The standard InChI is InChI=1S/C18H26N4O/c1-14-3-5-16(6-4-14)18(22-7-9-23-10-8-22)13-19-11-17-12-20-21-15(17)2/h3-6,12,18-19H,7-11,13H2,1-2H3,(H,20,21). The van der Waals surface area contributed by atoms with E-state index in [4.69, 9.17) is 4.74 Å². The summed E-state index contributed by atoms with van der Waals surface area (Å²) in [4.78, 5) is 2.52. The summed E-state index contributed by atoms with van der Waals surface area (Å²) in [5, 5.41) is 10.7. The SMILES string of the molecule is Cc1ccc(C(CNCc2cn[nH]c2C)N2CCOCC2)cc1. The number of ether oxygens (including phenoxy) is 1. The van der Waals surface area contributed by atoms with Crippen LogP contribution in [0.15, 0.2) is 30.5 Å². The van der Waals surface area contributed by atoms with Crippen LogP contribution >= 0.6 is 0 Å². The summed E-state index contributed by atoms with van der Waals surface area (Å²) in [7, 11) is 0. The van der Waals surface area contributed by atoms with E-state index in [0.717, 1.165) is 45.1 Å². The van der Waals surface area contributed by atoms with Gasteiger partial charge in [0.2, 0.25) is 0 Å². The van der Waals surface area contributed by atoms with Crippen molar-refractivity contribution in [2.75, 3.05) is 32.8 Å². The highest BCUT2D eigenvalue weighted by Crippen LogP contribution is 2.22. The second kappa shape index (κ2) is 7.73. The number of hydrogen-bond acceptors (Lipinski definition) is 4. The Labute approximate surface area is 138 Å². The first-order valence-corrected chi connectivity index (χ1v) is 8.32. The summed E-state index contributed by atoms with van der Waals surface area (Å²) < 4.78 is 5.51. The van der Waals surface area contributed by atoms with Crippen LogP contribution in [0.1, 0.15) is 28.4 Å². The predicted octanol–water partition coefficient (Wildman–Crippen LogP) is 2.19. The lowest BCUT2D eigenvalue weighted by molar-refractivity contribution is 0.0161. The Morgan fingerprint density at radius 2 is 1.96 bits per heavy atom. The molecular weight excluding hydrogens is 288 g/mol. The van der Waals surface area contributed by atoms with E-state index in [1.54, 1.807) is 0 Å². The number of aromatic amines is 1. The third kappa shape index (κ3) is 4.19.